The second-order valence-corrected chi connectivity index (χ2v) is 7.50. The lowest BCUT2D eigenvalue weighted by molar-refractivity contribution is 0.0714. The van der Waals surface area contributed by atoms with E-state index < -0.39 is 6.04 Å². The lowest BCUT2D eigenvalue weighted by Gasteiger charge is -2.25. The summed E-state index contributed by atoms with van der Waals surface area (Å²) in [5, 5.41) is 0.474. The van der Waals surface area contributed by atoms with Crippen molar-refractivity contribution in [3.05, 3.63) is 112 Å². The van der Waals surface area contributed by atoms with E-state index in [1.54, 1.807) is 29.2 Å². The molecule has 5 nitrogen and oxygen atoms in total. The van der Waals surface area contributed by atoms with Gasteiger partial charge in [0.2, 0.25) is 5.76 Å². The topological polar surface area (TPSA) is 59.8 Å². The number of nitrogens with zero attached hydrogens (tertiary/aromatic N) is 1. The van der Waals surface area contributed by atoms with Gasteiger partial charge in [0, 0.05) is 6.54 Å². The molecule has 1 atom stereocenters. The summed E-state index contributed by atoms with van der Waals surface area (Å²) in [6, 6.07) is 23.8. The molecule has 0 saturated heterocycles. The minimum atomic E-state index is -0.552. The maximum Gasteiger partial charge on any atom is 0.291 e. The molecule has 3 aromatic carbocycles. The molecule has 1 aliphatic rings. The van der Waals surface area contributed by atoms with Crippen LogP contribution in [0.5, 0.6) is 5.75 Å². The van der Waals surface area contributed by atoms with Crippen LogP contribution < -0.4 is 10.2 Å². The molecule has 5 rings (SSSR count). The summed E-state index contributed by atoms with van der Waals surface area (Å²) in [5.41, 5.74) is 2.42. The highest BCUT2D eigenvalue weighted by Gasteiger charge is 2.42. The van der Waals surface area contributed by atoms with Crippen molar-refractivity contribution in [1.29, 1.82) is 0 Å². The summed E-state index contributed by atoms with van der Waals surface area (Å²) in [6.45, 7) is 2.82. The van der Waals surface area contributed by atoms with Crippen molar-refractivity contribution >= 4 is 16.9 Å². The first-order chi connectivity index (χ1) is 15.2. The number of benzene rings is 3. The average molecular weight is 411 g/mol. The number of fused-ring (bicyclic) bond motifs is 2. The fourth-order valence-electron chi connectivity index (χ4n) is 4.20. The molecule has 1 unspecified atom stereocenters. The van der Waals surface area contributed by atoms with Gasteiger partial charge in [0.15, 0.2) is 5.43 Å². The molecule has 2 heterocycles. The molecule has 154 valence electrons. The molecule has 1 aliphatic heterocycles. The summed E-state index contributed by atoms with van der Waals surface area (Å²) in [4.78, 5) is 28.6. The molecule has 0 radical (unpaired) electrons. The third kappa shape index (κ3) is 3.28. The normalized spacial score (nSPS) is 15.3. The Morgan fingerprint density at radius 1 is 0.935 bits per heavy atom. The molecule has 0 bridgehead atoms. The molecule has 0 aliphatic carbocycles. The van der Waals surface area contributed by atoms with Crippen molar-refractivity contribution in [2.45, 2.75) is 19.5 Å². The molecule has 31 heavy (non-hydrogen) atoms. The van der Waals surface area contributed by atoms with Crippen molar-refractivity contribution in [3.8, 4) is 5.75 Å². The first-order valence-corrected chi connectivity index (χ1v) is 10.3. The second-order valence-electron chi connectivity index (χ2n) is 7.50. The Balaban J connectivity index is 1.71. The van der Waals surface area contributed by atoms with Gasteiger partial charge in [-0.25, -0.2) is 0 Å². The van der Waals surface area contributed by atoms with Gasteiger partial charge >= 0.3 is 0 Å². The second kappa shape index (κ2) is 7.76. The van der Waals surface area contributed by atoms with Crippen molar-refractivity contribution in [2.24, 2.45) is 0 Å². The van der Waals surface area contributed by atoms with Crippen LogP contribution in [0.15, 0.2) is 88.1 Å². The van der Waals surface area contributed by atoms with Crippen molar-refractivity contribution in [1.82, 2.24) is 4.90 Å². The van der Waals surface area contributed by atoms with E-state index in [0.29, 0.717) is 35.4 Å². The van der Waals surface area contributed by atoms with Gasteiger partial charge in [0.05, 0.1) is 23.6 Å². The van der Waals surface area contributed by atoms with Gasteiger partial charge in [0.1, 0.15) is 11.3 Å². The number of carbonyl (C=O) groups is 1. The van der Waals surface area contributed by atoms with Crippen LogP contribution in [0.4, 0.5) is 0 Å². The fourth-order valence-corrected chi connectivity index (χ4v) is 4.20. The predicted octanol–water partition coefficient (Wildman–Crippen LogP) is 4.94. The lowest BCUT2D eigenvalue weighted by atomic mass is 9.98. The van der Waals surface area contributed by atoms with Gasteiger partial charge in [-0.15, -0.1) is 0 Å². The Morgan fingerprint density at radius 2 is 1.71 bits per heavy atom. The zero-order valence-electron chi connectivity index (χ0n) is 17.1. The van der Waals surface area contributed by atoms with Gasteiger partial charge in [-0.1, -0.05) is 54.6 Å². The third-order valence-corrected chi connectivity index (χ3v) is 5.55. The molecule has 0 saturated carbocycles. The first kappa shape index (κ1) is 19.1. The van der Waals surface area contributed by atoms with Crippen molar-refractivity contribution in [2.75, 3.05) is 6.61 Å². The Hall–Kier alpha value is -3.86. The largest absolute Gasteiger partial charge is 0.494 e. The van der Waals surface area contributed by atoms with E-state index in [2.05, 4.69) is 0 Å². The molecule has 5 heteroatoms. The number of hydrogen-bond donors (Lipinski definition) is 0. The van der Waals surface area contributed by atoms with Gasteiger partial charge < -0.3 is 14.1 Å². The first-order valence-electron chi connectivity index (χ1n) is 10.3. The van der Waals surface area contributed by atoms with Crippen LogP contribution in [-0.2, 0) is 6.54 Å². The summed E-state index contributed by atoms with van der Waals surface area (Å²) in [5.74, 6) is 0.533. The zero-order valence-corrected chi connectivity index (χ0v) is 17.1. The lowest BCUT2D eigenvalue weighted by Crippen LogP contribution is -2.29. The van der Waals surface area contributed by atoms with Crippen LogP contribution in [0, 0.1) is 0 Å². The molecular weight excluding hydrogens is 390 g/mol. The Bertz CT molecular complexity index is 1330. The van der Waals surface area contributed by atoms with Gasteiger partial charge in [-0.3, -0.25) is 9.59 Å². The quantitative estimate of drug-likeness (QED) is 0.467. The molecular formula is C26H21NO4. The average Bonchev–Trinajstić information content (AvgIpc) is 3.07. The van der Waals surface area contributed by atoms with Crippen LogP contribution >= 0.6 is 0 Å². The smallest absolute Gasteiger partial charge is 0.291 e. The SMILES string of the molecule is CCOc1cccc(C2c3c(oc4ccccc4c3=O)C(=O)N2Cc2ccccc2)c1. The van der Waals surface area contributed by atoms with Crippen LogP contribution in [0.1, 0.15) is 40.2 Å². The number of para-hydroxylation sites is 1. The van der Waals surface area contributed by atoms with Crippen LogP contribution in [0.3, 0.4) is 0 Å². The number of rotatable bonds is 5. The van der Waals surface area contributed by atoms with Gasteiger partial charge in [0.25, 0.3) is 5.91 Å². The Morgan fingerprint density at radius 3 is 2.52 bits per heavy atom. The van der Waals surface area contributed by atoms with Crippen molar-refractivity contribution in [3.63, 3.8) is 0 Å². The van der Waals surface area contributed by atoms with Crippen molar-refractivity contribution < 1.29 is 13.9 Å². The highest BCUT2D eigenvalue weighted by Crippen LogP contribution is 2.39. The predicted molar refractivity (Wildman–Crippen MR) is 118 cm³/mol. The maximum atomic E-state index is 13.5. The molecule has 4 aromatic rings. The highest BCUT2D eigenvalue weighted by molar-refractivity contribution is 5.99. The minimum Gasteiger partial charge on any atom is -0.494 e. The molecule has 0 spiro atoms. The molecule has 0 N–H and O–H groups in total. The van der Waals surface area contributed by atoms with Gasteiger partial charge in [-0.05, 0) is 42.3 Å². The Kier molecular flexibility index (Phi) is 4.79. The van der Waals surface area contributed by atoms with E-state index in [1.165, 1.54) is 0 Å². The summed E-state index contributed by atoms with van der Waals surface area (Å²) in [6.07, 6.45) is 0. The van der Waals surface area contributed by atoms with E-state index in [1.807, 2.05) is 61.5 Å². The molecule has 0 fully saturated rings. The van der Waals surface area contributed by atoms with E-state index in [4.69, 9.17) is 9.15 Å². The zero-order chi connectivity index (χ0) is 21.4. The van der Waals surface area contributed by atoms with Crippen LogP contribution in [-0.4, -0.2) is 17.4 Å². The number of carbonyl (C=O) groups excluding carboxylic acids is 1. The van der Waals surface area contributed by atoms with Crippen LogP contribution in [0.2, 0.25) is 0 Å². The highest BCUT2D eigenvalue weighted by atomic mass is 16.5. The van der Waals surface area contributed by atoms with Crippen LogP contribution in [0.25, 0.3) is 11.0 Å². The van der Waals surface area contributed by atoms with E-state index in [9.17, 15) is 9.59 Å². The van der Waals surface area contributed by atoms with E-state index in [-0.39, 0.29) is 17.1 Å². The monoisotopic (exact) mass is 411 g/mol. The maximum absolute atomic E-state index is 13.5. The summed E-state index contributed by atoms with van der Waals surface area (Å²) >= 11 is 0. The number of ether oxygens (including phenoxy) is 1. The summed E-state index contributed by atoms with van der Waals surface area (Å²) in [7, 11) is 0. The minimum absolute atomic E-state index is 0.117. The number of hydrogen-bond acceptors (Lipinski definition) is 4. The summed E-state index contributed by atoms with van der Waals surface area (Å²) < 4.78 is 11.6. The van der Waals surface area contributed by atoms with E-state index in [0.717, 1.165) is 11.1 Å². The third-order valence-electron chi connectivity index (χ3n) is 5.55. The Labute approximate surface area is 179 Å². The fraction of sp³-hybridized carbons (Fsp3) is 0.154. The molecule has 1 aromatic heterocycles. The standard InChI is InChI=1S/C26H21NO4/c1-2-30-19-12-8-11-18(15-19)23-22-24(28)20-13-6-7-14-21(20)31-25(22)26(29)27(23)16-17-9-4-3-5-10-17/h3-15,23H,2,16H2,1H3. The number of amides is 1. The van der Waals surface area contributed by atoms with Gasteiger partial charge in [-0.2, -0.15) is 0 Å². The molecule has 1 amide bonds. The van der Waals surface area contributed by atoms with E-state index >= 15 is 0 Å².